The highest BCUT2D eigenvalue weighted by molar-refractivity contribution is 5.76. The van der Waals surface area contributed by atoms with Crippen molar-refractivity contribution in [3.05, 3.63) is 35.9 Å². The maximum atomic E-state index is 11.2. The minimum Gasteiger partial charge on any atom is -0.359 e. The Morgan fingerprint density at radius 3 is 2.57 bits per heavy atom. The Morgan fingerprint density at radius 2 is 2.07 bits per heavy atom. The lowest BCUT2D eigenvalue weighted by molar-refractivity contribution is -0.120. The fourth-order valence-corrected chi connectivity index (χ4v) is 1.39. The summed E-state index contributed by atoms with van der Waals surface area (Å²) in [5.41, 5.74) is 6.75. The maximum Gasteiger partial charge on any atom is 0.220 e. The minimum absolute atomic E-state index is 0.0318. The lowest BCUT2D eigenvalue weighted by Crippen LogP contribution is -2.24. The predicted molar refractivity (Wildman–Crippen MR) is 56.9 cm³/mol. The second-order valence-corrected chi connectivity index (χ2v) is 3.22. The highest BCUT2D eigenvalue weighted by Gasteiger charge is 2.12. The maximum absolute atomic E-state index is 11.2. The van der Waals surface area contributed by atoms with Crippen molar-refractivity contribution in [2.45, 2.75) is 12.3 Å². The number of carbonyl (C=O) groups excluding carboxylic acids is 1. The summed E-state index contributed by atoms with van der Waals surface area (Å²) in [5.74, 6) is 0.153. The Bertz CT molecular complexity index is 285. The lowest BCUT2D eigenvalue weighted by atomic mass is 9.96. The van der Waals surface area contributed by atoms with Crippen LogP contribution in [0.4, 0.5) is 0 Å². The van der Waals surface area contributed by atoms with Gasteiger partial charge < -0.3 is 11.1 Å². The van der Waals surface area contributed by atoms with E-state index in [0.717, 1.165) is 5.56 Å². The van der Waals surface area contributed by atoms with Crippen LogP contribution in [0.5, 0.6) is 0 Å². The first-order valence-electron chi connectivity index (χ1n) is 4.73. The van der Waals surface area contributed by atoms with Crippen molar-refractivity contribution in [1.29, 1.82) is 0 Å². The molecule has 3 heteroatoms. The van der Waals surface area contributed by atoms with Crippen molar-refractivity contribution in [2.24, 2.45) is 5.73 Å². The summed E-state index contributed by atoms with van der Waals surface area (Å²) in [5, 5.41) is 2.61. The standard InChI is InChI=1S/C11H16N2O/c1-13-11(14)7-10(8-12)9-5-3-2-4-6-9/h2-6,10H,7-8,12H2,1H3,(H,13,14)/t10-/m1/s1. The minimum atomic E-state index is 0.0318. The molecule has 0 aliphatic rings. The zero-order valence-electron chi connectivity index (χ0n) is 8.36. The van der Waals surface area contributed by atoms with E-state index in [4.69, 9.17) is 5.73 Å². The third kappa shape index (κ3) is 2.85. The quantitative estimate of drug-likeness (QED) is 0.743. The van der Waals surface area contributed by atoms with Gasteiger partial charge in [-0.1, -0.05) is 30.3 Å². The summed E-state index contributed by atoms with van der Waals surface area (Å²) in [6.45, 7) is 0.497. The third-order valence-corrected chi connectivity index (χ3v) is 2.27. The second-order valence-electron chi connectivity index (χ2n) is 3.22. The van der Waals surface area contributed by atoms with Crippen LogP contribution in [0, 0.1) is 0 Å². The molecular formula is C11H16N2O. The molecule has 76 valence electrons. The topological polar surface area (TPSA) is 55.1 Å². The Labute approximate surface area is 84.3 Å². The Morgan fingerprint density at radius 1 is 1.43 bits per heavy atom. The molecule has 0 aromatic heterocycles. The van der Waals surface area contributed by atoms with Crippen molar-refractivity contribution in [3.8, 4) is 0 Å². The van der Waals surface area contributed by atoms with E-state index in [-0.39, 0.29) is 11.8 Å². The fourth-order valence-electron chi connectivity index (χ4n) is 1.39. The zero-order valence-corrected chi connectivity index (χ0v) is 8.36. The van der Waals surface area contributed by atoms with Gasteiger partial charge in [0.25, 0.3) is 0 Å². The summed E-state index contributed by atoms with van der Waals surface area (Å²) in [4.78, 5) is 11.2. The average molecular weight is 192 g/mol. The molecule has 1 aromatic rings. The molecule has 1 rings (SSSR count). The van der Waals surface area contributed by atoms with Crippen LogP contribution in [0.25, 0.3) is 0 Å². The third-order valence-electron chi connectivity index (χ3n) is 2.27. The molecule has 0 spiro atoms. The summed E-state index contributed by atoms with van der Waals surface area (Å²) in [6.07, 6.45) is 0.455. The molecule has 0 heterocycles. The van der Waals surface area contributed by atoms with Gasteiger partial charge in [-0.05, 0) is 12.1 Å². The molecular weight excluding hydrogens is 176 g/mol. The van der Waals surface area contributed by atoms with E-state index in [2.05, 4.69) is 5.32 Å². The first-order valence-corrected chi connectivity index (χ1v) is 4.73. The molecule has 0 aliphatic heterocycles. The number of amides is 1. The highest BCUT2D eigenvalue weighted by atomic mass is 16.1. The van der Waals surface area contributed by atoms with Gasteiger partial charge in [0.15, 0.2) is 0 Å². The van der Waals surface area contributed by atoms with Gasteiger partial charge in [-0.2, -0.15) is 0 Å². The molecule has 1 aromatic carbocycles. The average Bonchev–Trinajstić information content (AvgIpc) is 2.26. The van der Waals surface area contributed by atoms with Gasteiger partial charge in [0.05, 0.1) is 0 Å². The summed E-state index contributed by atoms with van der Waals surface area (Å²) in [6, 6.07) is 9.88. The van der Waals surface area contributed by atoms with Gasteiger partial charge in [-0.3, -0.25) is 4.79 Å². The van der Waals surface area contributed by atoms with E-state index < -0.39 is 0 Å². The monoisotopic (exact) mass is 192 g/mol. The zero-order chi connectivity index (χ0) is 10.4. The van der Waals surface area contributed by atoms with Crippen LogP contribution in [0.15, 0.2) is 30.3 Å². The first-order chi connectivity index (χ1) is 6.77. The van der Waals surface area contributed by atoms with Gasteiger partial charge in [0, 0.05) is 19.4 Å². The van der Waals surface area contributed by atoms with Crippen LogP contribution in [0.3, 0.4) is 0 Å². The molecule has 0 saturated heterocycles. The van der Waals surface area contributed by atoms with E-state index in [0.29, 0.717) is 13.0 Å². The fraction of sp³-hybridized carbons (Fsp3) is 0.364. The molecule has 1 amide bonds. The summed E-state index contributed by atoms with van der Waals surface area (Å²) < 4.78 is 0. The Balaban J connectivity index is 2.68. The van der Waals surface area contributed by atoms with Gasteiger partial charge in [-0.25, -0.2) is 0 Å². The SMILES string of the molecule is CNC(=O)C[C@H](CN)c1ccccc1. The predicted octanol–water partition coefficient (Wildman–Crippen LogP) is 0.865. The molecule has 0 saturated carbocycles. The van der Waals surface area contributed by atoms with Gasteiger partial charge in [0.2, 0.25) is 5.91 Å². The van der Waals surface area contributed by atoms with Crippen LogP contribution in [-0.2, 0) is 4.79 Å². The van der Waals surface area contributed by atoms with Gasteiger partial charge >= 0.3 is 0 Å². The number of benzene rings is 1. The highest BCUT2D eigenvalue weighted by Crippen LogP contribution is 2.17. The van der Waals surface area contributed by atoms with Crippen molar-refractivity contribution in [2.75, 3.05) is 13.6 Å². The molecule has 3 N–H and O–H groups in total. The Hall–Kier alpha value is -1.35. The molecule has 0 aliphatic carbocycles. The van der Waals surface area contributed by atoms with E-state index >= 15 is 0 Å². The van der Waals surface area contributed by atoms with E-state index in [9.17, 15) is 4.79 Å². The van der Waals surface area contributed by atoms with Crippen LogP contribution < -0.4 is 11.1 Å². The molecule has 0 radical (unpaired) electrons. The van der Waals surface area contributed by atoms with Crippen molar-refractivity contribution < 1.29 is 4.79 Å². The van der Waals surface area contributed by atoms with Crippen LogP contribution in [0.2, 0.25) is 0 Å². The number of nitrogens with one attached hydrogen (secondary N) is 1. The number of carbonyl (C=O) groups is 1. The molecule has 3 nitrogen and oxygen atoms in total. The smallest absolute Gasteiger partial charge is 0.220 e. The number of hydrogen-bond donors (Lipinski definition) is 2. The van der Waals surface area contributed by atoms with Crippen LogP contribution in [-0.4, -0.2) is 19.5 Å². The van der Waals surface area contributed by atoms with Crippen LogP contribution in [0.1, 0.15) is 17.9 Å². The summed E-state index contributed by atoms with van der Waals surface area (Å²) >= 11 is 0. The van der Waals surface area contributed by atoms with Crippen molar-refractivity contribution in [3.63, 3.8) is 0 Å². The Kier molecular flexibility index (Phi) is 4.13. The molecule has 0 bridgehead atoms. The largest absolute Gasteiger partial charge is 0.359 e. The van der Waals surface area contributed by atoms with Crippen LogP contribution >= 0.6 is 0 Å². The van der Waals surface area contributed by atoms with Crippen molar-refractivity contribution >= 4 is 5.91 Å². The van der Waals surface area contributed by atoms with Gasteiger partial charge in [0.1, 0.15) is 0 Å². The molecule has 14 heavy (non-hydrogen) atoms. The second kappa shape index (κ2) is 5.40. The first kappa shape index (κ1) is 10.7. The number of rotatable bonds is 4. The normalized spacial score (nSPS) is 12.1. The van der Waals surface area contributed by atoms with E-state index in [1.807, 2.05) is 30.3 Å². The number of nitrogens with two attached hydrogens (primary N) is 1. The van der Waals surface area contributed by atoms with Crippen molar-refractivity contribution in [1.82, 2.24) is 5.32 Å². The summed E-state index contributed by atoms with van der Waals surface area (Å²) in [7, 11) is 1.64. The van der Waals surface area contributed by atoms with E-state index in [1.165, 1.54) is 0 Å². The number of hydrogen-bond acceptors (Lipinski definition) is 2. The molecule has 0 fully saturated rings. The van der Waals surface area contributed by atoms with Gasteiger partial charge in [-0.15, -0.1) is 0 Å². The van der Waals surface area contributed by atoms with E-state index in [1.54, 1.807) is 7.05 Å². The lowest BCUT2D eigenvalue weighted by Gasteiger charge is -2.13. The molecule has 0 unspecified atom stereocenters. The molecule has 1 atom stereocenters.